The molecule has 1 aliphatic rings. The number of nitrogens with one attached hydrogen (secondary N) is 2. The molecular formula is C21H20Cl3N3O2S. The Morgan fingerprint density at radius 2 is 1.50 bits per heavy atom. The van der Waals surface area contributed by atoms with E-state index in [4.69, 9.17) is 34.8 Å². The average Bonchev–Trinajstić information content (AvgIpc) is 2.68. The van der Waals surface area contributed by atoms with Gasteiger partial charge in [0.25, 0.3) is 0 Å². The lowest BCUT2D eigenvalue weighted by molar-refractivity contribution is 0.387. The molecule has 0 amide bonds. The molecular weight excluding hydrogens is 465 g/mol. The van der Waals surface area contributed by atoms with Crippen LogP contribution in [-0.4, -0.2) is 25.5 Å². The third-order valence-corrected chi connectivity index (χ3v) is 7.43. The third-order valence-electron chi connectivity index (χ3n) is 5.26. The SMILES string of the molecule is O=S(=O)(NC1CCC(Nc2ccnc3cc(Cl)ccc23)CC1)c1cc(Cl)cc(Cl)c1. The van der Waals surface area contributed by atoms with E-state index in [9.17, 15) is 8.42 Å². The molecule has 5 nitrogen and oxygen atoms in total. The molecule has 0 aliphatic heterocycles. The van der Waals surface area contributed by atoms with Crippen molar-refractivity contribution in [1.29, 1.82) is 0 Å². The van der Waals surface area contributed by atoms with Crippen molar-refractivity contribution in [1.82, 2.24) is 9.71 Å². The van der Waals surface area contributed by atoms with Crippen molar-refractivity contribution in [2.45, 2.75) is 42.7 Å². The fraction of sp³-hybridized carbons (Fsp3) is 0.286. The summed E-state index contributed by atoms with van der Waals surface area (Å²) in [7, 11) is -3.67. The van der Waals surface area contributed by atoms with E-state index < -0.39 is 10.0 Å². The van der Waals surface area contributed by atoms with Crippen molar-refractivity contribution in [3.8, 4) is 0 Å². The van der Waals surface area contributed by atoms with Crippen LogP contribution in [0.1, 0.15) is 25.7 Å². The molecule has 1 aromatic heterocycles. The molecule has 30 heavy (non-hydrogen) atoms. The molecule has 2 N–H and O–H groups in total. The van der Waals surface area contributed by atoms with Crippen LogP contribution in [0.4, 0.5) is 5.69 Å². The first kappa shape index (κ1) is 21.7. The maximum absolute atomic E-state index is 12.7. The quantitative estimate of drug-likeness (QED) is 0.473. The van der Waals surface area contributed by atoms with Gasteiger partial charge < -0.3 is 5.32 Å². The van der Waals surface area contributed by atoms with Crippen LogP contribution < -0.4 is 10.0 Å². The predicted octanol–water partition coefficient (Wildman–Crippen LogP) is 5.90. The summed E-state index contributed by atoms with van der Waals surface area (Å²) >= 11 is 18.0. The molecule has 3 aromatic rings. The summed E-state index contributed by atoms with van der Waals surface area (Å²) in [4.78, 5) is 4.45. The van der Waals surface area contributed by atoms with Crippen molar-refractivity contribution in [2.75, 3.05) is 5.32 Å². The molecule has 1 heterocycles. The van der Waals surface area contributed by atoms with E-state index in [1.165, 1.54) is 18.2 Å². The van der Waals surface area contributed by atoms with E-state index in [-0.39, 0.29) is 17.0 Å². The Balaban J connectivity index is 1.40. The van der Waals surface area contributed by atoms with Crippen LogP contribution >= 0.6 is 34.8 Å². The van der Waals surface area contributed by atoms with E-state index in [0.29, 0.717) is 15.1 Å². The zero-order chi connectivity index (χ0) is 21.3. The van der Waals surface area contributed by atoms with Gasteiger partial charge in [-0.3, -0.25) is 4.98 Å². The highest BCUT2D eigenvalue weighted by Gasteiger charge is 2.26. The second kappa shape index (κ2) is 8.89. The normalized spacial score (nSPS) is 19.7. The zero-order valence-electron chi connectivity index (χ0n) is 15.9. The molecule has 0 radical (unpaired) electrons. The van der Waals surface area contributed by atoms with Crippen LogP contribution in [0.15, 0.2) is 53.6 Å². The van der Waals surface area contributed by atoms with E-state index in [2.05, 4.69) is 15.0 Å². The number of hydrogen-bond donors (Lipinski definition) is 2. The number of fused-ring (bicyclic) bond motifs is 1. The number of benzene rings is 2. The van der Waals surface area contributed by atoms with Crippen LogP contribution in [0, 0.1) is 0 Å². The monoisotopic (exact) mass is 483 g/mol. The number of anilines is 1. The second-order valence-corrected chi connectivity index (χ2v) is 10.5. The molecule has 0 bridgehead atoms. The smallest absolute Gasteiger partial charge is 0.240 e. The Hall–Kier alpha value is -1.57. The first-order valence-corrected chi connectivity index (χ1v) is 12.2. The van der Waals surface area contributed by atoms with Gasteiger partial charge in [-0.25, -0.2) is 13.1 Å². The highest BCUT2D eigenvalue weighted by atomic mass is 35.5. The lowest BCUT2D eigenvalue weighted by atomic mass is 9.91. The van der Waals surface area contributed by atoms with Crippen molar-refractivity contribution < 1.29 is 8.42 Å². The summed E-state index contributed by atoms with van der Waals surface area (Å²) in [5.41, 5.74) is 1.85. The van der Waals surface area contributed by atoms with Gasteiger partial charge in [0.1, 0.15) is 0 Å². The van der Waals surface area contributed by atoms with Gasteiger partial charge in [-0.1, -0.05) is 34.8 Å². The summed E-state index contributed by atoms with van der Waals surface area (Å²) < 4.78 is 28.2. The van der Waals surface area contributed by atoms with Gasteiger partial charge in [0.2, 0.25) is 10.0 Å². The van der Waals surface area contributed by atoms with Gasteiger partial charge in [0, 0.05) is 44.4 Å². The third kappa shape index (κ3) is 5.01. The lowest BCUT2D eigenvalue weighted by Gasteiger charge is -2.30. The van der Waals surface area contributed by atoms with Crippen molar-refractivity contribution in [3.63, 3.8) is 0 Å². The average molecular weight is 485 g/mol. The van der Waals surface area contributed by atoms with Crippen molar-refractivity contribution >= 4 is 61.4 Å². The number of nitrogens with zero attached hydrogens (tertiary/aromatic N) is 1. The minimum absolute atomic E-state index is 0.0853. The van der Waals surface area contributed by atoms with Gasteiger partial charge >= 0.3 is 0 Å². The van der Waals surface area contributed by atoms with Gasteiger partial charge in [-0.05, 0) is 68.1 Å². The molecule has 0 unspecified atom stereocenters. The number of rotatable bonds is 5. The fourth-order valence-corrected chi connectivity index (χ4v) is 5.99. The highest BCUT2D eigenvalue weighted by molar-refractivity contribution is 7.89. The summed E-state index contributed by atoms with van der Waals surface area (Å²) in [6.07, 6.45) is 4.93. The van der Waals surface area contributed by atoms with Crippen LogP contribution in [0.25, 0.3) is 10.9 Å². The minimum atomic E-state index is -3.67. The number of sulfonamides is 1. The summed E-state index contributed by atoms with van der Waals surface area (Å²) in [6, 6.07) is 12.1. The summed E-state index contributed by atoms with van der Waals surface area (Å²) in [5, 5.41) is 5.83. The van der Waals surface area contributed by atoms with E-state index >= 15 is 0 Å². The molecule has 1 aliphatic carbocycles. The maximum Gasteiger partial charge on any atom is 0.240 e. The Labute approximate surface area is 190 Å². The Bertz CT molecular complexity index is 1160. The zero-order valence-corrected chi connectivity index (χ0v) is 19.0. The predicted molar refractivity (Wildman–Crippen MR) is 123 cm³/mol. The molecule has 2 aromatic carbocycles. The molecule has 0 atom stereocenters. The molecule has 9 heteroatoms. The molecule has 0 saturated heterocycles. The molecule has 0 spiro atoms. The number of aromatic nitrogens is 1. The van der Waals surface area contributed by atoms with E-state index in [1.54, 1.807) is 6.20 Å². The van der Waals surface area contributed by atoms with E-state index in [1.807, 2.05) is 24.3 Å². The van der Waals surface area contributed by atoms with Gasteiger partial charge in [-0.2, -0.15) is 0 Å². The first-order chi connectivity index (χ1) is 14.3. The molecule has 1 saturated carbocycles. The van der Waals surface area contributed by atoms with Crippen molar-refractivity contribution in [3.05, 3.63) is 63.7 Å². The first-order valence-electron chi connectivity index (χ1n) is 9.59. The Morgan fingerprint density at radius 1 is 0.833 bits per heavy atom. The molecule has 158 valence electrons. The van der Waals surface area contributed by atoms with Crippen LogP contribution in [0.3, 0.4) is 0 Å². The highest BCUT2D eigenvalue weighted by Crippen LogP contribution is 2.29. The Kier molecular flexibility index (Phi) is 6.42. The van der Waals surface area contributed by atoms with Gasteiger partial charge in [-0.15, -0.1) is 0 Å². The molecule has 4 rings (SSSR count). The maximum atomic E-state index is 12.7. The molecule has 1 fully saturated rings. The van der Waals surface area contributed by atoms with Gasteiger partial charge in [0.15, 0.2) is 0 Å². The van der Waals surface area contributed by atoms with Gasteiger partial charge in [0.05, 0.1) is 10.4 Å². The van der Waals surface area contributed by atoms with Crippen LogP contribution in [0.5, 0.6) is 0 Å². The van der Waals surface area contributed by atoms with E-state index in [0.717, 1.165) is 42.3 Å². The number of pyridine rings is 1. The topological polar surface area (TPSA) is 71.1 Å². The second-order valence-electron chi connectivity index (χ2n) is 7.44. The number of halogens is 3. The Morgan fingerprint density at radius 3 is 2.20 bits per heavy atom. The summed E-state index contributed by atoms with van der Waals surface area (Å²) in [6.45, 7) is 0. The fourth-order valence-electron chi connectivity index (χ4n) is 3.79. The lowest BCUT2D eigenvalue weighted by Crippen LogP contribution is -2.40. The largest absolute Gasteiger partial charge is 0.382 e. The van der Waals surface area contributed by atoms with Crippen LogP contribution in [-0.2, 0) is 10.0 Å². The minimum Gasteiger partial charge on any atom is -0.382 e. The number of hydrogen-bond acceptors (Lipinski definition) is 4. The van der Waals surface area contributed by atoms with Crippen LogP contribution in [0.2, 0.25) is 15.1 Å². The van der Waals surface area contributed by atoms with Crippen molar-refractivity contribution in [2.24, 2.45) is 0 Å². The summed E-state index contributed by atoms with van der Waals surface area (Å²) in [5.74, 6) is 0. The standard InChI is InChI=1S/C21H20Cl3N3O2S/c22-13-1-6-19-20(7-8-25-21(19)12-13)26-16-2-4-17(5-3-16)27-30(28,29)18-10-14(23)9-15(24)11-18/h1,6-12,16-17,27H,2-5H2,(H,25,26).